The van der Waals surface area contributed by atoms with Gasteiger partial charge in [0.1, 0.15) is 0 Å². The van der Waals surface area contributed by atoms with E-state index in [0.29, 0.717) is 11.7 Å². The molecule has 1 aliphatic carbocycles. The average molecular weight is 243 g/mol. The number of nitrogens with zero attached hydrogens (tertiary/aromatic N) is 2. The second kappa shape index (κ2) is 4.21. The van der Waals surface area contributed by atoms with Gasteiger partial charge in [-0.05, 0) is 25.3 Å². The summed E-state index contributed by atoms with van der Waals surface area (Å²) in [6, 6.07) is 8.02. The number of aryl methyl sites for hydroxylation is 1. The van der Waals surface area contributed by atoms with Gasteiger partial charge in [0.2, 0.25) is 11.7 Å². The molecule has 94 valence electrons. The van der Waals surface area contributed by atoms with Gasteiger partial charge in [0.05, 0.1) is 5.54 Å². The third-order valence-corrected chi connectivity index (χ3v) is 3.73. The minimum Gasteiger partial charge on any atom is -0.337 e. The lowest BCUT2D eigenvalue weighted by molar-refractivity contribution is 0.285. The lowest BCUT2D eigenvalue weighted by atomic mass is 9.99. The molecule has 0 spiro atoms. The molecule has 1 fully saturated rings. The van der Waals surface area contributed by atoms with E-state index < -0.39 is 5.54 Å². The van der Waals surface area contributed by atoms with E-state index in [1.54, 1.807) is 0 Å². The van der Waals surface area contributed by atoms with Crippen molar-refractivity contribution in [3.63, 3.8) is 0 Å². The van der Waals surface area contributed by atoms with Gasteiger partial charge in [-0.1, -0.05) is 42.3 Å². The van der Waals surface area contributed by atoms with Crippen LogP contribution in [-0.2, 0) is 5.54 Å². The molecule has 0 bridgehead atoms. The van der Waals surface area contributed by atoms with Crippen molar-refractivity contribution in [3.05, 3.63) is 35.7 Å². The van der Waals surface area contributed by atoms with E-state index in [0.717, 1.165) is 36.8 Å². The largest absolute Gasteiger partial charge is 0.337 e. The predicted octanol–water partition coefficient (Wildman–Crippen LogP) is 2.77. The summed E-state index contributed by atoms with van der Waals surface area (Å²) in [5.41, 5.74) is 8.05. The van der Waals surface area contributed by atoms with Crippen LogP contribution in [0.1, 0.15) is 37.1 Å². The second-order valence-corrected chi connectivity index (χ2v) is 5.10. The van der Waals surface area contributed by atoms with Crippen LogP contribution in [0.15, 0.2) is 28.8 Å². The summed E-state index contributed by atoms with van der Waals surface area (Å²) in [7, 11) is 0. The van der Waals surface area contributed by atoms with Gasteiger partial charge in [-0.25, -0.2) is 0 Å². The van der Waals surface area contributed by atoms with Crippen LogP contribution in [0.4, 0.5) is 0 Å². The molecule has 0 aliphatic heterocycles. The molecule has 1 aliphatic rings. The molecule has 1 aromatic carbocycles. The lowest BCUT2D eigenvalue weighted by Gasteiger charge is -2.17. The maximum absolute atomic E-state index is 6.31. The fourth-order valence-electron chi connectivity index (χ4n) is 2.58. The fraction of sp³-hybridized carbons (Fsp3) is 0.429. The number of hydrogen-bond acceptors (Lipinski definition) is 4. The maximum Gasteiger partial charge on any atom is 0.247 e. The topological polar surface area (TPSA) is 64.9 Å². The van der Waals surface area contributed by atoms with E-state index in [4.69, 9.17) is 10.3 Å². The van der Waals surface area contributed by atoms with Crippen molar-refractivity contribution in [2.45, 2.75) is 38.1 Å². The van der Waals surface area contributed by atoms with Crippen LogP contribution in [0.3, 0.4) is 0 Å². The van der Waals surface area contributed by atoms with Crippen molar-refractivity contribution in [1.82, 2.24) is 10.1 Å². The molecule has 2 aromatic rings. The average Bonchev–Trinajstić information content (AvgIpc) is 2.99. The molecule has 0 radical (unpaired) electrons. The molecule has 18 heavy (non-hydrogen) atoms. The molecule has 0 amide bonds. The second-order valence-electron chi connectivity index (χ2n) is 5.10. The van der Waals surface area contributed by atoms with Crippen molar-refractivity contribution in [2.75, 3.05) is 0 Å². The predicted molar refractivity (Wildman–Crippen MR) is 68.8 cm³/mol. The lowest BCUT2D eigenvalue weighted by Crippen LogP contribution is -2.33. The standard InChI is InChI=1S/C14H17N3O/c1-10-6-2-3-7-11(10)12-16-13(18-17-12)14(15)8-4-5-9-14/h2-3,6-7H,4-5,8-9,15H2,1H3. The number of benzene rings is 1. The third kappa shape index (κ3) is 1.82. The first-order valence-corrected chi connectivity index (χ1v) is 6.38. The Morgan fingerprint density at radius 2 is 1.94 bits per heavy atom. The molecule has 1 saturated carbocycles. The molecule has 0 unspecified atom stereocenters. The van der Waals surface area contributed by atoms with Gasteiger partial charge in [-0.15, -0.1) is 0 Å². The molecule has 0 saturated heterocycles. The van der Waals surface area contributed by atoms with Crippen molar-refractivity contribution < 1.29 is 4.52 Å². The minimum absolute atomic E-state index is 0.409. The Labute approximate surface area is 106 Å². The first-order chi connectivity index (χ1) is 8.69. The Balaban J connectivity index is 1.97. The summed E-state index contributed by atoms with van der Waals surface area (Å²) in [4.78, 5) is 4.49. The molecule has 2 N–H and O–H groups in total. The molecule has 1 heterocycles. The Kier molecular flexibility index (Phi) is 2.67. The van der Waals surface area contributed by atoms with Crippen LogP contribution in [0.2, 0.25) is 0 Å². The number of hydrogen-bond donors (Lipinski definition) is 1. The summed E-state index contributed by atoms with van der Waals surface area (Å²) >= 11 is 0. The number of aromatic nitrogens is 2. The molecule has 3 rings (SSSR count). The van der Waals surface area contributed by atoms with Gasteiger partial charge in [-0.2, -0.15) is 4.98 Å². The molecule has 0 atom stereocenters. The van der Waals surface area contributed by atoms with E-state index in [-0.39, 0.29) is 0 Å². The van der Waals surface area contributed by atoms with Gasteiger partial charge < -0.3 is 10.3 Å². The highest BCUT2D eigenvalue weighted by atomic mass is 16.5. The third-order valence-electron chi connectivity index (χ3n) is 3.73. The summed E-state index contributed by atoms with van der Waals surface area (Å²) in [6.45, 7) is 2.04. The van der Waals surface area contributed by atoms with E-state index >= 15 is 0 Å². The first-order valence-electron chi connectivity index (χ1n) is 6.38. The Morgan fingerprint density at radius 1 is 1.22 bits per heavy atom. The highest BCUT2D eigenvalue weighted by Gasteiger charge is 2.36. The molecular formula is C14H17N3O. The zero-order valence-electron chi connectivity index (χ0n) is 10.5. The van der Waals surface area contributed by atoms with Crippen LogP contribution in [0, 0.1) is 6.92 Å². The zero-order chi connectivity index (χ0) is 12.6. The van der Waals surface area contributed by atoms with Gasteiger partial charge >= 0.3 is 0 Å². The zero-order valence-corrected chi connectivity index (χ0v) is 10.5. The molecule has 4 nitrogen and oxygen atoms in total. The van der Waals surface area contributed by atoms with Gasteiger partial charge in [0.25, 0.3) is 0 Å². The molecule has 4 heteroatoms. The Bertz CT molecular complexity index is 556. The minimum atomic E-state index is -0.409. The number of nitrogens with two attached hydrogens (primary N) is 1. The smallest absolute Gasteiger partial charge is 0.247 e. The number of rotatable bonds is 2. The monoisotopic (exact) mass is 243 g/mol. The Morgan fingerprint density at radius 3 is 2.67 bits per heavy atom. The summed E-state index contributed by atoms with van der Waals surface area (Å²) < 4.78 is 5.37. The maximum atomic E-state index is 6.31. The highest BCUT2D eigenvalue weighted by Crippen LogP contribution is 2.36. The van der Waals surface area contributed by atoms with Crippen LogP contribution in [0.5, 0.6) is 0 Å². The Hall–Kier alpha value is -1.68. The van der Waals surface area contributed by atoms with Crippen molar-refractivity contribution >= 4 is 0 Å². The van der Waals surface area contributed by atoms with Crippen LogP contribution in [0.25, 0.3) is 11.4 Å². The van der Waals surface area contributed by atoms with E-state index in [1.165, 1.54) is 0 Å². The van der Waals surface area contributed by atoms with Gasteiger partial charge in [-0.3, -0.25) is 0 Å². The fourth-order valence-corrected chi connectivity index (χ4v) is 2.58. The SMILES string of the molecule is Cc1ccccc1-c1noc(C2(N)CCCC2)n1. The van der Waals surface area contributed by atoms with Crippen molar-refractivity contribution in [1.29, 1.82) is 0 Å². The highest BCUT2D eigenvalue weighted by molar-refractivity contribution is 5.59. The van der Waals surface area contributed by atoms with E-state index in [2.05, 4.69) is 10.1 Å². The van der Waals surface area contributed by atoms with E-state index in [1.807, 2.05) is 31.2 Å². The summed E-state index contributed by atoms with van der Waals surface area (Å²) in [6.07, 6.45) is 4.14. The molecular weight excluding hydrogens is 226 g/mol. The summed E-state index contributed by atoms with van der Waals surface area (Å²) in [5.74, 6) is 1.22. The van der Waals surface area contributed by atoms with Crippen LogP contribution in [-0.4, -0.2) is 10.1 Å². The quantitative estimate of drug-likeness (QED) is 0.880. The van der Waals surface area contributed by atoms with Crippen molar-refractivity contribution in [3.8, 4) is 11.4 Å². The van der Waals surface area contributed by atoms with Crippen LogP contribution < -0.4 is 5.73 Å². The van der Waals surface area contributed by atoms with Crippen molar-refractivity contribution in [2.24, 2.45) is 5.73 Å². The first kappa shape index (κ1) is 11.4. The van der Waals surface area contributed by atoms with Crippen LogP contribution >= 0.6 is 0 Å². The van der Waals surface area contributed by atoms with E-state index in [9.17, 15) is 0 Å². The van der Waals surface area contributed by atoms with Gasteiger partial charge in [0, 0.05) is 5.56 Å². The van der Waals surface area contributed by atoms with Gasteiger partial charge in [0.15, 0.2) is 0 Å². The molecule has 1 aromatic heterocycles. The normalized spacial score (nSPS) is 18.1. The summed E-state index contributed by atoms with van der Waals surface area (Å²) in [5, 5.41) is 4.07.